The number of alkyl halides is 2. The third-order valence-corrected chi connectivity index (χ3v) is 9.96. The standard InChI is InChI=1S/C39H38Cl2F3N3O7/c1-23(2)51-35-16-26(9-10-33(35)53-38(43)44)34(18-30-31(40)20-46(50)21-32(30)41)52-37(48)27-6-3-5-24(15-27)19-47(29-8-4-7-28(42)17-29)39(49)54-36-22-45-13-11-25(36)12-14-45/h3-10,15-17,20-21,23,25,34,36,38H,11-14,18-19,22H2,1-2H3/t34-,36-/m0/s1. The molecule has 10 nitrogen and oxygen atoms in total. The highest BCUT2D eigenvalue weighted by Crippen LogP contribution is 2.37. The van der Waals surface area contributed by atoms with E-state index in [4.69, 9.17) is 37.4 Å². The van der Waals surface area contributed by atoms with Crippen LogP contribution in [0.2, 0.25) is 10.0 Å². The van der Waals surface area contributed by atoms with E-state index in [-0.39, 0.29) is 57.8 Å². The number of benzene rings is 3. The van der Waals surface area contributed by atoms with Crippen LogP contribution in [0.3, 0.4) is 0 Å². The monoisotopic (exact) mass is 787 g/mol. The lowest BCUT2D eigenvalue weighted by Gasteiger charge is -2.44. The van der Waals surface area contributed by atoms with Crippen molar-refractivity contribution in [3.05, 3.63) is 122 Å². The molecule has 1 amide bonds. The number of anilines is 1. The van der Waals surface area contributed by atoms with Gasteiger partial charge in [-0.2, -0.15) is 13.5 Å². The first-order valence-corrected chi connectivity index (χ1v) is 18.2. The number of amides is 1. The Morgan fingerprint density at radius 1 is 0.963 bits per heavy atom. The molecule has 0 spiro atoms. The number of carbonyl (C=O) groups excluding carboxylic acids is 2. The fourth-order valence-electron chi connectivity index (χ4n) is 6.72. The largest absolute Gasteiger partial charge is 0.619 e. The van der Waals surface area contributed by atoms with Crippen LogP contribution in [-0.2, 0) is 22.4 Å². The molecule has 54 heavy (non-hydrogen) atoms. The van der Waals surface area contributed by atoms with Crippen LogP contribution < -0.4 is 19.1 Å². The number of piperidine rings is 3. The lowest BCUT2D eigenvalue weighted by Crippen LogP contribution is -2.53. The highest BCUT2D eigenvalue weighted by molar-refractivity contribution is 6.35. The van der Waals surface area contributed by atoms with Crippen LogP contribution in [0.25, 0.3) is 0 Å². The van der Waals surface area contributed by atoms with Crippen molar-refractivity contribution >= 4 is 41.0 Å². The van der Waals surface area contributed by atoms with Gasteiger partial charge in [0.15, 0.2) is 23.9 Å². The Bertz CT molecular complexity index is 1960. The second-order valence-electron chi connectivity index (χ2n) is 13.5. The summed E-state index contributed by atoms with van der Waals surface area (Å²) in [5, 5.41) is 12.0. The molecule has 2 bridgehead atoms. The van der Waals surface area contributed by atoms with Crippen molar-refractivity contribution in [3.8, 4) is 11.5 Å². The van der Waals surface area contributed by atoms with Gasteiger partial charge in [-0.1, -0.05) is 47.5 Å². The zero-order valence-electron chi connectivity index (χ0n) is 29.4. The zero-order chi connectivity index (χ0) is 38.5. The highest BCUT2D eigenvalue weighted by Gasteiger charge is 2.37. The molecule has 0 unspecified atom stereocenters. The van der Waals surface area contributed by atoms with E-state index in [1.165, 1.54) is 47.4 Å². The molecule has 0 aliphatic carbocycles. The van der Waals surface area contributed by atoms with Crippen LogP contribution in [0.5, 0.6) is 11.5 Å². The van der Waals surface area contributed by atoms with E-state index >= 15 is 0 Å². The molecular formula is C39H38Cl2F3N3O7. The van der Waals surface area contributed by atoms with Gasteiger partial charge in [-0.15, -0.1) is 0 Å². The number of aromatic nitrogens is 1. The fourth-order valence-corrected chi connectivity index (χ4v) is 7.32. The number of ether oxygens (including phenoxy) is 4. The SMILES string of the molecule is CC(C)Oc1cc([C@H](Cc2c(Cl)c[n+]([O-])cc2Cl)OC(=O)c2cccc(CN(C(=O)O[C@H]3CN4CCC3CC4)c3cccc(F)c3)c2)ccc1OC(F)F. The van der Waals surface area contributed by atoms with Crippen molar-refractivity contribution in [2.45, 2.75) is 64.6 Å². The molecule has 7 rings (SSSR count). The van der Waals surface area contributed by atoms with E-state index in [2.05, 4.69) is 9.64 Å². The Morgan fingerprint density at radius 2 is 1.69 bits per heavy atom. The summed E-state index contributed by atoms with van der Waals surface area (Å²) in [5.74, 6) is -1.30. The second-order valence-corrected chi connectivity index (χ2v) is 14.3. The minimum Gasteiger partial charge on any atom is -0.619 e. The molecule has 3 fully saturated rings. The molecule has 3 aliphatic rings. The maximum atomic E-state index is 14.4. The van der Waals surface area contributed by atoms with E-state index in [1.807, 2.05) is 0 Å². The maximum absolute atomic E-state index is 14.4. The average molecular weight is 789 g/mol. The molecule has 286 valence electrons. The molecule has 2 atom stereocenters. The van der Waals surface area contributed by atoms with Gasteiger partial charge in [0.05, 0.1) is 23.9 Å². The number of nitrogens with zero attached hydrogens (tertiary/aromatic N) is 3. The van der Waals surface area contributed by atoms with Crippen LogP contribution in [0.1, 0.15) is 59.8 Å². The van der Waals surface area contributed by atoms with E-state index in [0.717, 1.165) is 38.3 Å². The zero-order valence-corrected chi connectivity index (χ0v) is 30.9. The normalized spacial score (nSPS) is 18.4. The molecule has 15 heteroatoms. The quantitative estimate of drug-likeness (QED) is 0.0755. The van der Waals surface area contributed by atoms with Gasteiger partial charge in [0.1, 0.15) is 28.1 Å². The second kappa shape index (κ2) is 17.2. The first kappa shape index (κ1) is 39.0. The summed E-state index contributed by atoms with van der Waals surface area (Å²) in [5.41, 5.74) is 1.54. The molecule has 1 aromatic heterocycles. The van der Waals surface area contributed by atoms with Gasteiger partial charge in [0.25, 0.3) is 0 Å². The number of esters is 1. The Morgan fingerprint density at radius 3 is 2.33 bits per heavy atom. The lowest BCUT2D eigenvalue weighted by atomic mass is 9.86. The number of halogens is 5. The van der Waals surface area contributed by atoms with Gasteiger partial charge in [-0.3, -0.25) is 9.80 Å². The molecule has 0 N–H and O–H groups in total. The lowest BCUT2D eigenvalue weighted by molar-refractivity contribution is -0.605. The predicted molar refractivity (Wildman–Crippen MR) is 195 cm³/mol. The van der Waals surface area contributed by atoms with Crippen LogP contribution in [-0.4, -0.2) is 55.4 Å². The van der Waals surface area contributed by atoms with Crippen molar-refractivity contribution in [2.75, 3.05) is 24.5 Å². The van der Waals surface area contributed by atoms with E-state index in [0.29, 0.717) is 28.0 Å². The molecule has 3 aliphatic heterocycles. The van der Waals surface area contributed by atoms with E-state index < -0.39 is 36.7 Å². The minimum absolute atomic E-state index is 0.0134. The van der Waals surface area contributed by atoms with Crippen LogP contribution >= 0.6 is 23.2 Å². The summed E-state index contributed by atoms with van der Waals surface area (Å²) in [6, 6.07) is 16.1. The first-order valence-electron chi connectivity index (χ1n) is 17.4. The third-order valence-electron chi connectivity index (χ3n) is 9.31. The van der Waals surface area contributed by atoms with E-state index in [1.54, 1.807) is 38.1 Å². The molecule has 3 aromatic carbocycles. The van der Waals surface area contributed by atoms with Crippen LogP contribution in [0.4, 0.5) is 23.7 Å². The summed E-state index contributed by atoms with van der Waals surface area (Å²) in [6.07, 6.45) is 1.49. The Kier molecular flexibility index (Phi) is 12.4. The summed E-state index contributed by atoms with van der Waals surface area (Å²) in [7, 11) is 0. The smallest absolute Gasteiger partial charge is 0.414 e. The van der Waals surface area contributed by atoms with Gasteiger partial charge < -0.3 is 24.2 Å². The third kappa shape index (κ3) is 9.68. The van der Waals surface area contributed by atoms with Crippen molar-refractivity contribution < 1.29 is 46.4 Å². The van der Waals surface area contributed by atoms with Crippen molar-refractivity contribution in [2.24, 2.45) is 5.92 Å². The number of pyridine rings is 1. The number of hydrogen-bond acceptors (Lipinski definition) is 8. The first-order chi connectivity index (χ1) is 25.8. The summed E-state index contributed by atoms with van der Waals surface area (Å²) in [4.78, 5) is 31.2. The van der Waals surface area contributed by atoms with Gasteiger partial charge in [-0.25, -0.2) is 14.0 Å². The minimum atomic E-state index is -3.12. The average Bonchev–Trinajstić information content (AvgIpc) is 3.12. The van der Waals surface area contributed by atoms with Crippen molar-refractivity contribution in [3.63, 3.8) is 0 Å². The van der Waals surface area contributed by atoms with Crippen molar-refractivity contribution in [1.29, 1.82) is 0 Å². The molecule has 0 radical (unpaired) electrons. The Labute approximate surface area is 320 Å². The predicted octanol–water partition coefficient (Wildman–Crippen LogP) is 8.53. The van der Waals surface area contributed by atoms with Crippen molar-refractivity contribution in [1.82, 2.24) is 4.90 Å². The molecule has 4 heterocycles. The van der Waals surface area contributed by atoms with Crippen LogP contribution in [0, 0.1) is 16.9 Å². The van der Waals surface area contributed by atoms with Gasteiger partial charge in [-0.05, 0) is 99.3 Å². The maximum Gasteiger partial charge on any atom is 0.414 e. The molecular weight excluding hydrogens is 750 g/mol. The molecule has 3 saturated heterocycles. The fraction of sp³-hybridized carbons (Fsp3) is 0.359. The molecule has 0 saturated carbocycles. The van der Waals surface area contributed by atoms with Gasteiger partial charge in [0.2, 0.25) is 0 Å². The Balaban J connectivity index is 1.28. The number of carbonyl (C=O) groups is 2. The summed E-state index contributed by atoms with van der Waals surface area (Å²) >= 11 is 12.8. The highest BCUT2D eigenvalue weighted by atomic mass is 35.5. The number of rotatable bonds is 13. The van der Waals surface area contributed by atoms with Crippen LogP contribution in [0.15, 0.2) is 79.1 Å². The van der Waals surface area contributed by atoms with Gasteiger partial charge >= 0.3 is 18.7 Å². The number of hydrogen-bond donors (Lipinski definition) is 0. The summed E-state index contributed by atoms with van der Waals surface area (Å²) < 4.78 is 63.7. The molecule has 4 aromatic rings. The van der Waals surface area contributed by atoms with E-state index in [9.17, 15) is 28.0 Å². The summed E-state index contributed by atoms with van der Waals surface area (Å²) in [6.45, 7) is 2.81. The van der Waals surface area contributed by atoms with Gasteiger partial charge in [0, 0.05) is 18.5 Å². The Hall–Kier alpha value is -4.72. The number of fused-ring (bicyclic) bond motifs is 3. The topological polar surface area (TPSA) is 104 Å².